The van der Waals surface area contributed by atoms with Crippen LogP contribution in [0.3, 0.4) is 0 Å². The zero-order valence-electron chi connectivity index (χ0n) is 16.7. The number of halogens is 1. The summed E-state index contributed by atoms with van der Waals surface area (Å²) in [5.41, 5.74) is 0.390. The second-order valence-corrected chi connectivity index (χ2v) is 8.45. The van der Waals surface area contributed by atoms with E-state index in [0.29, 0.717) is 36.7 Å². The number of hydrogen-bond donors (Lipinski definition) is 3. The van der Waals surface area contributed by atoms with Gasteiger partial charge in [-0.05, 0) is 49.1 Å². The molecule has 0 aliphatic carbocycles. The molecule has 1 aromatic carbocycles. The number of urea groups is 1. The Morgan fingerprint density at radius 3 is 2.80 bits per heavy atom. The maximum atomic E-state index is 13.2. The molecule has 9 heteroatoms. The Morgan fingerprint density at radius 1 is 1.20 bits per heavy atom. The lowest BCUT2D eigenvalue weighted by molar-refractivity contribution is -0.119. The largest absolute Gasteiger partial charge is 0.351 e. The van der Waals surface area contributed by atoms with Crippen LogP contribution < -0.4 is 16.0 Å². The van der Waals surface area contributed by atoms with Crippen molar-refractivity contribution in [2.75, 3.05) is 25.0 Å². The van der Waals surface area contributed by atoms with Gasteiger partial charge in [-0.25, -0.2) is 9.18 Å². The Kier molecular flexibility index (Phi) is 7.40. The molecular weight excluding hydrogens is 407 g/mol. The smallest absolute Gasteiger partial charge is 0.319 e. The molecule has 1 aliphatic rings. The third-order valence-electron chi connectivity index (χ3n) is 4.82. The molecule has 0 bridgehead atoms. The van der Waals surface area contributed by atoms with Gasteiger partial charge in [-0.2, -0.15) is 0 Å². The van der Waals surface area contributed by atoms with Gasteiger partial charge in [0.2, 0.25) is 5.91 Å². The molecule has 1 saturated heterocycles. The lowest BCUT2D eigenvalue weighted by atomic mass is 9.98. The van der Waals surface area contributed by atoms with Crippen molar-refractivity contribution in [3.05, 3.63) is 52.0 Å². The third kappa shape index (κ3) is 6.28. The second-order valence-electron chi connectivity index (χ2n) is 7.28. The van der Waals surface area contributed by atoms with E-state index in [1.165, 1.54) is 36.5 Å². The molecule has 2 aromatic rings. The monoisotopic (exact) mass is 432 g/mol. The van der Waals surface area contributed by atoms with Gasteiger partial charge in [0.25, 0.3) is 5.91 Å². The van der Waals surface area contributed by atoms with Gasteiger partial charge in [-0.15, -0.1) is 11.3 Å². The van der Waals surface area contributed by atoms with Crippen LogP contribution in [0.1, 0.15) is 34.3 Å². The van der Waals surface area contributed by atoms with Crippen molar-refractivity contribution in [3.8, 4) is 0 Å². The molecule has 3 N–H and O–H groups in total. The van der Waals surface area contributed by atoms with Gasteiger partial charge >= 0.3 is 6.03 Å². The minimum Gasteiger partial charge on any atom is -0.351 e. The number of likely N-dealkylation sites (tertiary alicyclic amines) is 1. The number of carbonyl (C=O) groups excluding carboxylic acids is 3. The van der Waals surface area contributed by atoms with Crippen LogP contribution >= 0.6 is 11.3 Å². The number of anilines is 1. The van der Waals surface area contributed by atoms with Crippen molar-refractivity contribution in [1.82, 2.24) is 15.5 Å². The number of nitrogens with zero attached hydrogens (tertiary/aromatic N) is 1. The first-order valence-electron chi connectivity index (χ1n) is 9.83. The van der Waals surface area contributed by atoms with E-state index in [4.69, 9.17) is 0 Å². The number of nitrogens with one attached hydrogen (secondary N) is 3. The summed E-state index contributed by atoms with van der Waals surface area (Å²) in [5.74, 6) is -0.394. The quantitative estimate of drug-likeness (QED) is 0.655. The van der Waals surface area contributed by atoms with Gasteiger partial charge < -0.3 is 20.9 Å². The zero-order valence-corrected chi connectivity index (χ0v) is 17.6. The fourth-order valence-corrected chi connectivity index (χ4v) is 4.27. The number of thiophene rings is 1. The highest BCUT2D eigenvalue weighted by Crippen LogP contribution is 2.22. The number of carbonyl (C=O) groups is 3. The SMILES string of the molecule is CC(=O)NCc1ccc(C(=O)N2CCCC(CNC(=O)Nc3cccc(F)c3)C2)s1. The van der Waals surface area contributed by atoms with Crippen molar-refractivity contribution in [2.24, 2.45) is 5.92 Å². The predicted molar refractivity (Wildman–Crippen MR) is 114 cm³/mol. The van der Waals surface area contributed by atoms with E-state index < -0.39 is 11.8 Å². The normalized spacial score (nSPS) is 16.1. The van der Waals surface area contributed by atoms with Gasteiger partial charge in [0.05, 0.1) is 11.4 Å². The summed E-state index contributed by atoms with van der Waals surface area (Å²) >= 11 is 1.38. The van der Waals surface area contributed by atoms with Crippen LogP contribution in [0.4, 0.5) is 14.9 Å². The second kappa shape index (κ2) is 10.2. The summed E-state index contributed by atoms with van der Waals surface area (Å²) in [4.78, 5) is 39.3. The molecule has 0 radical (unpaired) electrons. The molecule has 160 valence electrons. The van der Waals surface area contributed by atoms with Crippen molar-refractivity contribution in [2.45, 2.75) is 26.3 Å². The summed E-state index contributed by atoms with van der Waals surface area (Å²) < 4.78 is 13.2. The van der Waals surface area contributed by atoms with Gasteiger partial charge in [-0.3, -0.25) is 9.59 Å². The summed E-state index contributed by atoms with van der Waals surface area (Å²) in [6, 6.07) is 8.96. The minimum absolute atomic E-state index is 0.0250. The van der Waals surface area contributed by atoms with E-state index in [1.807, 2.05) is 11.0 Å². The Morgan fingerprint density at radius 2 is 2.03 bits per heavy atom. The molecule has 0 saturated carbocycles. The highest BCUT2D eigenvalue weighted by molar-refractivity contribution is 7.14. The molecular formula is C21H25FN4O3S. The van der Waals surface area contributed by atoms with Crippen molar-refractivity contribution < 1.29 is 18.8 Å². The Bertz CT molecular complexity index is 917. The van der Waals surface area contributed by atoms with Crippen LogP contribution in [0.25, 0.3) is 0 Å². The molecule has 30 heavy (non-hydrogen) atoms. The lowest BCUT2D eigenvalue weighted by Crippen LogP contribution is -2.44. The number of hydrogen-bond acceptors (Lipinski definition) is 4. The molecule has 4 amide bonds. The number of rotatable bonds is 6. The molecule has 7 nitrogen and oxygen atoms in total. The average Bonchev–Trinajstić information content (AvgIpc) is 3.19. The Hall–Kier alpha value is -2.94. The highest BCUT2D eigenvalue weighted by atomic mass is 32.1. The molecule has 1 aliphatic heterocycles. The fraction of sp³-hybridized carbons (Fsp3) is 0.381. The molecule has 2 heterocycles. The van der Waals surface area contributed by atoms with Crippen molar-refractivity contribution in [3.63, 3.8) is 0 Å². The molecule has 3 rings (SSSR count). The van der Waals surface area contributed by atoms with Crippen LogP contribution in [0.15, 0.2) is 36.4 Å². The van der Waals surface area contributed by atoms with Gasteiger partial charge in [-0.1, -0.05) is 6.07 Å². The van der Waals surface area contributed by atoms with E-state index in [-0.39, 0.29) is 17.7 Å². The van der Waals surface area contributed by atoms with E-state index in [9.17, 15) is 18.8 Å². The highest BCUT2D eigenvalue weighted by Gasteiger charge is 2.25. The minimum atomic E-state index is -0.414. The van der Waals surface area contributed by atoms with Crippen molar-refractivity contribution in [1.29, 1.82) is 0 Å². The van der Waals surface area contributed by atoms with Crippen LogP contribution in [-0.4, -0.2) is 42.4 Å². The number of piperidine rings is 1. The zero-order chi connectivity index (χ0) is 21.5. The van der Waals surface area contributed by atoms with Gasteiger partial charge in [0, 0.05) is 37.1 Å². The van der Waals surface area contributed by atoms with Crippen LogP contribution in [0, 0.1) is 11.7 Å². The van der Waals surface area contributed by atoms with E-state index in [0.717, 1.165) is 17.7 Å². The van der Waals surface area contributed by atoms with E-state index >= 15 is 0 Å². The Labute approximate surface area is 178 Å². The summed E-state index contributed by atoms with van der Waals surface area (Å²) in [6.07, 6.45) is 1.79. The first-order chi connectivity index (χ1) is 14.4. The first kappa shape index (κ1) is 21.8. The van der Waals surface area contributed by atoms with Crippen LogP contribution in [-0.2, 0) is 11.3 Å². The van der Waals surface area contributed by atoms with Gasteiger partial charge in [0.1, 0.15) is 5.82 Å². The van der Waals surface area contributed by atoms with E-state index in [1.54, 1.807) is 12.1 Å². The number of amides is 4. The van der Waals surface area contributed by atoms with E-state index in [2.05, 4.69) is 16.0 Å². The molecule has 1 atom stereocenters. The Balaban J connectivity index is 1.48. The summed E-state index contributed by atoms with van der Waals surface area (Å²) in [7, 11) is 0. The average molecular weight is 433 g/mol. The third-order valence-corrected chi connectivity index (χ3v) is 5.90. The molecule has 1 aromatic heterocycles. The van der Waals surface area contributed by atoms with Gasteiger partial charge in [0.15, 0.2) is 0 Å². The molecule has 1 fully saturated rings. The fourth-order valence-electron chi connectivity index (χ4n) is 3.35. The topological polar surface area (TPSA) is 90.5 Å². The number of benzene rings is 1. The summed E-state index contributed by atoms with van der Waals surface area (Å²) in [5, 5.41) is 8.14. The standard InChI is InChI=1S/C21H25FN4O3S/c1-14(27)23-12-18-7-8-19(30-18)20(28)26-9-3-4-15(13-26)11-24-21(29)25-17-6-2-5-16(22)10-17/h2,5-8,10,15H,3-4,9,11-13H2,1H3,(H,23,27)(H2,24,25,29). The van der Waals surface area contributed by atoms with Crippen LogP contribution in [0.5, 0.6) is 0 Å². The summed E-state index contributed by atoms with van der Waals surface area (Å²) in [6.45, 7) is 3.56. The molecule has 1 unspecified atom stereocenters. The maximum absolute atomic E-state index is 13.2. The lowest BCUT2D eigenvalue weighted by Gasteiger charge is -2.32. The predicted octanol–water partition coefficient (Wildman–Crippen LogP) is 3.20. The molecule has 0 spiro atoms. The maximum Gasteiger partial charge on any atom is 0.319 e. The van der Waals surface area contributed by atoms with Crippen molar-refractivity contribution >= 4 is 34.9 Å². The van der Waals surface area contributed by atoms with Crippen LogP contribution in [0.2, 0.25) is 0 Å². The first-order valence-corrected chi connectivity index (χ1v) is 10.6.